The number of benzene rings is 2. The second kappa shape index (κ2) is 9.47. The maximum atomic E-state index is 12.1. The molecule has 0 spiro atoms. The summed E-state index contributed by atoms with van der Waals surface area (Å²) in [5, 5.41) is 11.5. The molecule has 5 nitrogen and oxygen atoms in total. The van der Waals surface area contributed by atoms with Gasteiger partial charge in [-0.05, 0) is 42.5 Å². The van der Waals surface area contributed by atoms with E-state index >= 15 is 0 Å². The maximum absolute atomic E-state index is 12.1. The zero-order chi connectivity index (χ0) is 18.1. The summed E-state index contributed by atoms with van der Waals surface area (Å²) < 4.78 is 0. The van der Waals surface area contributed by atoms with Crippen LogP contribution in [0.2, 0.25) is 0 Å². The summed E-state index contributed by atoms with van der Waals surface area (Å²) in [5.41, 5.74) is 3.22. The molecule has 0 unspecified atom stereocenters. The molecule has 0 fully saturated rings. The van der Waals surface area contributed by atoms with Crippen molar-refractivity contribution in [2.45, 2.75) is 25.7 Å². The number of anilines is 1. The first kappa shape index (κ1) is 18.5. The van der Waals surface area contributed by atoms with E-state index in [0.29, 0.717) is 0 Å². The molecule has 0 saturated carbocycles. The molecule has 0 aromatic heterocycles. The van der Waals surface area contributed by atoms with Crippen molar-refractivity contribution < 1.29 is 14.7 Å². The van der Waals surface area contributed by atoms with E-state index in [-0.39, 0.29) is 19.0 Å². The second-order valence-corrected chi connectivity index (χ2v) is 6.03. The number of aryl methyl sites for hydroxylation is 2. The van der Waals surface area contributed by atoms with E-state index in [1.54, 1.807) is 7.05 Å². The number of hydrogen-bond acceptors (Lipinski definition) is 2. The normalized spacial score (nSPS) is 10.3. The van der Waals surface area contributed by atoms with Gasteiger partial charge in [-0.25, -0.2) is 4.79 Å². The summed E-state index contributed by atoms with van der Waals surface area (Å²) in [7, 11) is 1.59. The fraction of sp³-hybridized carbons (Fsp3) is 0.300. The Morgan fingerprint density at radius 1 is 1.00 bits per heavy atom. The first-order valence-corrected chi connectivity index (χ1v) is 8.41. The Morgan fingerprint density at radius 2 is 1.68 bits per heavy atom. The number of carboxylic acid groups (broad SMARTS) is 1. The van der Waals surface area contributed by atoms with Gasteiger partial charge in [0.25, 0.3) is 0 Å². The van der Waals surface area contributed by atoms with Crippen LogP contribution in [0.4, 0.5) is 10.5 Å². The summed E-state index contributed by atoms with van der Waals surface area (Å²) in [6, 6.07) is 17.8. The number of urea groups is 1. The molecule has 0 radical (unpaired) electrons. The zero-order valence-corrected chi connectivity index (χ0v) is 14.4. The Hall–Kier alpha value is -2.82. The fourth-order valence-corrected chi connectivity index (χ4v) is 2.53. The standard InChI is InChI=1S/C20H24N2O3/c1-22(14-13-19(23)24)20(25)21-18-12-6-11-17(15-18)10-5-9-16-7-3-2-4-8-16/h2-4,6-8,11-12,15H,5,9-10,13-14H2,1H3,(H,21,25)(H,23,24). The molecule has 0 heterocycles. The van der Waals surface area contributed by atoms with Crippen molar-refractivity contribution in [1.82, 2.24) is 4.90 Å². The lowest BCUT2D eigenvalue weighted by atomic mass is 10.0. The molecule has 0 atom stereocenters. The van der Waals surface area contributed by atoms with Gasteiger partial charge in [0, 0.05) is 19.3 Å². The summed E-state index contributed by atoms with van der Waals surface area (Å²) in [4.78, 5) is 24.0. The number of carbonyl (C=O) groups is 2. The molecular weight excluding hydrogens is 316 g/mol. The van der Waals surface area contributed by atoms with Gasteiger partial charge in [-0.1, -0.05) is 42.5 Å². The molecule has 132 valence electrons. The Balaban J connectivity index is 1.83. The fourth-order valence-electron chi connectivity index (χ4n) is 2.53. The Morgan fingerprint density at radius 3 is 2.40 bits per heavy atom. The third-order valence-electron chi connectivity index (χ3n) is 3.96. The molecule has 0 aliphatic rings. The number of nitrogens with one attached hydrogen (secondary N) is 1. The Labute approximate surface area is 148 Å². The van der Waals surface area contributed by atoms with Gasteiger partial charge in [0.15, 0.2) is 0 Å². The lowest BCUT2D eigenvalue weighted by Gasteiger charge is -2.17. The summed E-state index contributed by atoms with van der Waals surface area (Å²) >= 11 is 0. The van der Waals surface area contributed by atoms with Crippen LogP contribution < -0.4 is 5.32 Å². The molecule has 2 rings (SSSR count). The number of hydrogen-bond donors (Lipinski definition) is 2. The molecule has 2 aromatic carbocycles. The van der Waals surface area contributed by atoms with Crippen molar-refractivity contribution in [3.8, 4) is 0 Å². The van der Waals surface area contributed by atoms with E-state index < -0.39 is 5.97 Å². The van der Waals surface area contributed by atoms with Crippen LogP contribution in [0, 0.1) is 0 Å². The lowest BCUT2D eigenvalue weighted by Crippen LogP contribution is -2.33. The monoisotopic (exact) mass is 340 g/mol. The predicted molar refractivity (Wildman–Crippen MR) is 98.8 cm³/mol. The Bertz CT molecular complexity index is 701. The van der Waals surface area contributed by atoms with E-state index in [9.17, 15) is 9.59 Å². The number of carbonyl (C=O) groups excluding carboxylic acids is 1. The molecule has 0 aliphatic carbocycles. The van der Waals surface area contributed by atoms with Crippen LogP contribution in [-0.4, -0.2) is 35.6 Å². The van der Waals surface area contributed by atoms with Crippen LogP contribution in [0.25, 0.3) is 0 Å². The van der Waals surface area contributed by atoms with Gasteiger partial charge in [-0.3, -0.25) is 4.79 Å². The smallest absolute Gasteiger partial charge is 0.321 e. The average Bonchev–Trinajstić information content (AvgIpc) is 2.61. The third kappa shape index (κ3) is 6.67. The van der Waals surface area contributed by atoms with Crippen molar-refractivity contribution in [2.75, 3.05) is 18.9 Å². The van der Waals surface area contributed by atoms with Crippen LogP contribution >= 0.6 is 0 Å². The number of rotatable bonds is 8. The number of nitrogens with zero attached hydrogens (tertiary/aromatic N) is 1. The van der Waals surface area contributed by atoms with E-state index in [1.165, 1.54) is 16.0 Å². The minimum Gasteiger partial charge on any atom is -0.481 e. The summed E-state index contributed by atoms with van der Waals surface area (Å²) in [5.74, 6) is -0.917. The molecule has 5 heteroatoms. The van der Waals surface area contributed by atoms with E-state index in [1.807, 2.05) is 36.4 Å². The van der Waals surface area contributed by atoms with Gasteiger partial charge in [0.2, 0.25) is 0 Å². The first-order valence-electron chi connectivity index (χ1n) is 8.41. The molecule has 0 aliphatic heterocycles. The Kier molecular flexibility index (Phi) is 7.01. The second-order valence-electron chi connectivity index (χ2n) is 6.03. The molecule has 25 heavy (non-hydrogen) atoms. The number of amides is 2. The van der Waals surface area contributed by atoms with Gasteiger partial charge in [0.1, 0.15) is 0 Å². The van der Waals surface area contributed by atoms with E-state index in [2.05, 4.69) is 23.5 Å². The lowest BCUT2D eigenvalue weighted by molar-refractivity contribution is -0.137. The first-order chi connectivity index (χ1) is 12.0. The molecule has 2 N–H and O–H groups in total. The minimum absolute atomic E-state index is 0.0660. The van der Waals surface area contributed by atoms with Crippen LogP contribution in [0.1, 0.15) is 24.0 Å². The predicted octanol–water partition coefficient (Wildman–Crippen LogP) is 3.80. The number of carboxylic acids is 1. The molecule has 0 saturated heterocycles. The average molecular weight is 340 g/mol. The van der Waals surface area contributed by atoms with Crippen LogP contribution in [0.3, 0.4) is 0 Å². The van der Waals surface area contributed by atoms with Crippen molar-refractivity contribution in [3.63, 3.8) is 0 Å². The van der Waals surface area contributed by atoms with Gasteiger partial charge < -0.3 is 15.3 Å². The minimum atomic E-state index is -0.917. The highest BCUT2D eigenvalue weighted by Gasteiger charge is 2.10. The highest BCUT2D eigenvalue weighted by molar-refractivity contribution is 5.89. The quantitative estimate of drug-likeness (QED) is 0.768. The van der Waals surface area contributed by atoms with Crippen molar-refractivity contribution in [3.05, 3.63) is 65.7 Å². The molecular formula is C20H24N2O3. The van der Waals surface area contributed by atoms with Gasteiger partial charge in [-0.15, -0.1) is 0 Å². The number of aliphatic carboxylic acids is 1. The summed E-state index contributed by atoms with van der Waals surface area (Å²) in [6.07, 6.45) is 2.94. The summed E-state index contributed by atoms with van der Waals surface area (Å²) in [6.45, 7) is 0.179. The molecule has 2 aromatic rings. The van der Waals surface area contributed by atoms with Crippen LogP contribution in [-0.2, 0) is 17.6 Å². The van der Waals surface area contributed by atoms with Gasteiger partial charge >= 0.3 is 12.0 Å². The largest absolute Gasteiger partial charge is 0.481 e. The zero-order valence-electron chi connectivity index (χ0n) is 14.4. The highest BCUT2D eigenvalue weighted by Crippen LogP contribution is 2.14. The van der Waals surface area contributed by atoms with Crippen molar-refractivity contribution in [2.24, 2.45) is 0 Å². The highest BCUT2D eigenvalue weighted by atomic mass is 16.4. The van der Waals surface area contributed by atoms with E-state index in [4.69, 9.17) is 5.11 Å². The van der Waals surface area contributed by atoms with Crippen LogP contribution in [0.15, 0.2) is 54.6 Å². The maximum Gasteiger partial charge on any atom is 0.321 e. The van der Waals surface area contributed by atoms with Crippen molar-refractivity contribution in [1.29, 1.82) is 0 Å². The van der Waals surface area contributed by atoms with Crippen molar-refractivity contribution >= 4 is 17.7 Å². The third-order valence-corrected chi connectivity index (χ3v) is 3.96. The topological polar surface area (TPSA) is 69.6 Å². The van der Waals surface area contributed by atoms with Gasteiger partial charge in [0.05, 0.1) is 6.42 Å². The van der Waals surface area contributed by atoms with Gasteiger partial charge in [-0.2, -0.15) is 0 Å². The molecule has 2 amide bonds. The van der Waals surface area contributed by atoms with Crippen LogP contribution in [0.5, 0.6) is 0 Å². The SMILES string of the molecule is CN(CCC(=O)O)C(=O)Nc1cccc(CCCc2ccccc2)c1. The molecule has 0 bridgehead atoms. The van der Waals surface area contributed by atoms with E-state index in [0.717, 1.165) is 24.9 Å².